The molecule has 1 aromatic heterocycles. The molecule has 4 nitrogen and oxygen atoms in total. The highest BCUT2D eigenvalue weighted by Crippen LogP contribution is 2.38. The topological polar surface area (TPSA) is 72.3 Å². The molecule has 0 aliphatic rings. The van der Waals surface area contributed by atoms with Crippen molar-refractivity contribution in [3.05, 3.63) is 27.8 Å². The first-order chi connectivity index (χ1) is 7.08. The molecule has 3 N–H and O–H groups in total. The Hall–Kier alpha value is -1.20. The number of nitrogen functional groups attached to an aromatic ring is 1. The number of benzene rings is 1. The number of rotatable bonds is 1. The summed E-state index contributed by atoms with van der Waals surface area (Å²) < 4.78 is 5.57. The molecule has 2 rings (SSSR count). The molecule has 6 heteroatoms. The van der Waals surface area contributed by atoms with Crippen molar-refractivity contribution in [2.75, 3.05) is 5.73 Å². The van der Waals surface area contributed by atoms with E-state index >= 15 is 0 Å². The fraction of sp³-hybridized carbons (Fsp3) is 0. The lowest BCUT2D eigenvalue weighted by Crippen LogP contribution is -1.80. The third-order valence-corrected chi connectivity index (χ3v) is 2.64. The van der Waals surface area contributed by atoms with Crippen LogP contribution in [0.25, 0.3) is 11.3 Å². The Morgan fingerprint density at radius 3 is 2.80 bits per heavy atom. The Kier molecular flexibility index (Phi) is 2.58. The van der Waals surface area contributed by atoms with Crippen LogP contribution >= 0.6 is 27.5 Å². The van der Waals surface area contributed by atoms with E-state index in [0.29, 0.717) is 20.8 Å². The van der Waals surface area contributed by atoms with Crippen LogP contribution in [0.5, 0.6) is 5.75 Å². The van der Waals surface area contributed by atoms with Crippen LogP contribution < -0.4 is 5.73 Å². The summed E-state index contributed by atoms with van der Waals surface area (Å²) in [5.74, 6) is 0.406. The minimum absolute atomic E-state index is 0.0375. The number of phenols is 1. The van der Waals surface area contributed by atoms with Gasteiger partial charge in [-0.25, -0.2) is 4.98 Å². The minimum atomic E-state index is 0.0375. The number of oxazole rings is 1. The third-order valence-electron chi connectivity index (χ3n) is 1.82. The third kappa shape index (κ3) is 1.93. The molecular weight excluding hydrogens is 283 g/mol. The van der Waals surface area contributed by atoms with E-state index < -0.39 is 0 Å². The SMILES string of the molecule is Nc1ncc(-c2cc(Cl)cc(Br)c2O)o1. The standard InChI is InChI=1S/C9H6BrClN2O2/c10-6-2-4(11)1-5(8(6)14)7-3-13-9(12)15-7/h1-3,14H,(H2,12,13). The highest BCUT2D eigenvalue weighted by atomic mass is 79.9. The van der Waals surface area contributed by atoms with Crippen LogP contribution in [0, 0.1) is 0 Å². The second kappa shape index (κ2) is 3.75. The average Bonchev–Trinajstić information content (AvgIpc) is 2.58. The van der Waals surface area contributed by atoms with Gasteiger partial charge in [-0.2, -0.15) is 0 Å². The molecule has 0 saturated carbocycles. The molecule has 0 saturated heterocycles. The van der Waals surface area contributed by atoms with Crippen LogP contribution in [0.2, 0.25) is 5.02 Å². The van der Waals surface area contributed by atoms with Crippen molar-refractivity contribution in [2.45, 2.75) is 0 Å². The average molecular weight is 290 g/mol. The number of nitrogens with two attached hydrogens (primary N) is 1. The normalized spacial score (nSPS) is 10.5. The van der Waals surface area contributed by atoms with E-state index in [-0.39, 0.29) is 11.8 Å². The van der Waals surface area contributed by atoms with Crippen molar-refractivity contribution in [3.8, 4) is 17.1 Å². The van der Waals surface area contributed by atoms with E-state index in [0.717, 1.165) is 0 Å². The lowest BCUT2D eigenvalue weighted by molar-refractivity contribution is 0.471. The number of halogens is 2. The van der Waals surface area contributed by atoms with E-state index in [1.165, 1.54) is 6.20 Å². The zero-order valence-electron chi connectivity index (χ0n) is 7.37. The lowest BCUT2D eigenvalue weighted by Gasteiger charge is -2.03. The Bertz CT molecular complexity index is 513. The summed E-state index contributed by atoms with van der Waals surface area (Å²) in [4.78, 5) is 3.74. The second-order valence-electron chi connectivity index (χ2n) is 2.85. The number of hydrogen-bond donors (Lipinski definition) is 2. The number of aromatic nitrogens is 1. The molecule has 0 aliphatic heterocycles. The summed E-state index contributed by atoms with van der Waals surface area (Å²) in [5.41, 5.74) is 5.78. The highest BCUT2D eigenvalue weighted by molar-refractivity contribution is 9.10. The van der Waals surface area contributed by atoms with Gasteiger partial charge in [0.15, 0.2) is 5.76 Å². The van der Waals surface area contributed by atoms with Gasteiger partial charge in [-0.05, 0) is 28.1 Å². The fourth-order valence-corrected chi connectivity index (χ4v) is 1.98. The second-order valence-corrected chi connectivity index (χ2v) is 4.14. The van der Waals surface area contributed by atoms with Gasteiger partial charge in [-0.3, -0.25) is 0 Å². The lowest BCUT2D eigenvalue weighted by atomic mass is 10.1. The molecule has 0 spiro atoms. The molecule has 1 aromatic carbocycles. The summed E-state index contributed by atoms with van der Waals surface area (Å²) >= 11 is 9.02. The predicted molar refractivity (Wildman–Crippen MR) is 60.7 cm³/mol. The summed E-state index contributed by atoms with van der Waals surface area (Å²) in [6.45, 7) is 0. The number of nitrogens with zero attached hydrogens (tertiary/aromatic N) is 1. The van der Waals surface area contributed by atoms with Crippen molar-refractivity contribution < 1.29 is 9.52 Å². The predicted octanol–water partition coefficient (Wildman–Crippen LogP) is 3.05. The largest absolute Gasteiger partial charge is 0.506 e. The summed E-state index contributed by atoms with van der Waals surface area (Å²) in [6.07, 6.45) is 1.42. The van der Waals surface area contributed by atoms with Crippen molar-refractivity contribution in [1.82, 2.24) is 4.98 Å². The van der Waals surface area contributed by atoms with Gasteiger partial charge in [0.2, 0.25) is 0 Å². The van der Waals surface area contributed by atoms with Gasteiger partial charge < -0.3 is 15.3 Å². The number of hydrogen-bond acceptors (Lipinski definition) is 4. The summed E-state index contributed by atoms with van der Waals surface area (Å²) in [5, 5.41) is 10.2. The molecule has 0 bridgehead atoms. The highest BCUT2D eigenvalue weighted by Gasteiger charge is 2.13. The maximum Gasteiger partial charge on any atom is 0.292 e. The molecule has 0 unspecified atom stereocenters. The molecule has 0 fully saturated rings. The van der Waals surface area contributed by atoms with Gasteiger partial charge >= 0.3 is 0 Å². The van der Waals surface area contributed by atoms with Gasteiger partial charge in [0.25, 0.3) is 6.01 Å². The van der Waals surface area contributed by atoms with Crippen LogP contribution in [0.1, 0.15) is 0 Å². The summed E-state index contributed by atoms with van der Waals surface area (Å²) in [6, 6.07) is 3.20. The maximum absolute atomic E-state index is 9.75. The van der Waals surface area contributed by atoms with Gasteiger partial charge in [-0.15, -0.1) is 0 Å². The van der Waals surface area contributed by atoms with E-state index in [9.17, 15) is 5.11 Å². The number of anilines is 1. The molecule has 15 heavy (non-hydrogen) atoms. The smallest absolute Gasteiger partial charge is 0.292 e. The van der Waals surface area contributed by atoms with E-state index in [1.54, 1.807) is 12.1 Å². The van der Waals surface area contributed by atoms with Crippen LogP contribution in [0.4, 0.5) is 6.01 Å². The van der Waals surface area contributed by atoms with Crippen LogP contribution in [0.15, 0.2) is 27.2 Å². The molecule has 78 valence electrons. The Morgan fingerprint density at radius 1 is 1.47 bits per heavy atom. The van der Waals surface area contributed by atoms with Crippen molar-refractivity contribution in [2.24, 2.45) is 0 Å². The van der Waals surface area contributed by atoms with Gasteiger partial charge in [0.1, 0.15) is 5.75 Å². The van der Waals surface area contributed by atoms with Crippen LogP contribution in [-0.2, 0) is 0 Å². The van der Waals surface area contributed by atoms with Gasteiger partial charge in [-0.1, -0.05) is 11.6 Å². The van der Waals surface area contributed by atoms with E-state index in [1.807, 2.05) is 0 Å². The zero-order chi connectivity index (χ0) is 11.0. The molecule has 2 aromatic rings. The monoisotopic (exact) mass is 288 g/mol. The summed E-state index contributed by atoms with van der Waals surface area (Å²) in [7, 11) is 0. The first kappa shape index (κ1) is 10.3. The zero-order valence-corrected chi connectivity index (χ0v) is 9.71. The quantitative estimate of drug-likeness (QED) is 0.846. The van der Waals surface area contributed by atoms with Crippen LogP contribution in [-0.4, -0.2) is 10.1 Å². The first-order valence-corrected chi connectivity index (χ1v) is 5.14. The fourth-order valence-electron chi connectivity index (χ4n) is 1.17. The van der Waals surface area contributed by atoms with E-state index in [2.05, 4.69) is 20.9 Å². The Morgan fingerprint density at radius 2 is 2.20 bits per heavy atom. The van der Waals surface area contributed by atoms with Crippen molar-refractivity contribution in [3.63, 3.8) is 0 Å². The number of phenolic OH excluding ortho intramolecular Hbond substituents is 1. The first-order valence-electron chi connectivity index (χ1n) is 3.97. The number of aromatic hydroxyl groups is 1. The van der Waals surface area contributed by atoms with Crippen molar-refractivity contribution >= 4 is 33.5 Å². The van der Waals surface area contributed by atoms with Gasteiger partial charge in [0.05, 0.1) is 16.2 Å². The Balaban J connectivity index is 2.62. The Labute approximate surface area is 98.8 Å². The molecule has 0 radical (unpaired) electrons. The van der Waals surface area contributed by atoms with Crippen LogP contribution in [0.3, 0.4) is 0 Å². The van der Waals surface area contributed by atoms with Gasteiger partial charge in [0, 0.05) is 5.02 Å². The van der Waals surface area contributed by atoms with E-state index in [4.69, 9.17) is 21.8 Å². The molecule has 0 amide bonds. The van der Waals surface area contributed by atoms with Crippen molar-refractivity contribution in [1.29, 1.82) is 0 Å². The molecular formula is C9H6BrClN2O2. The maximum atomic E-state index is 9.75. The minimum Gasteiger partial charge on any atom is -0.506 e. The molecule has 0 aliphatic carbocycles. The molecule has 0 atom stereocenters. The molecule has 1 heterocycles.